The van der Waals surface area contributed by atoms with Gasteiger partial charge in [-0.1, -0.05) is 24.8 Å². The number of para-hydroxylation sites is 1. The van der Waals surface area contributed by atoms with Crippen molar-refractivity contribution in [3.8, 4) is 17.0 Å². The number of aromatic nitrogens is 3. The smallest absolute Gasteiger partial charge is 0.355 e. The van der Waals surface area contributed by atoms with Gasteiger partial charge in [0.15, 0.2) is 0 Å². The minimum atomic E-state index is -0.435. The molecule has 0 atom stereocenters. The first-order valence-electron chi connectivity index (χ1n) is 13.9. The Morgan fingerprint density at radius 3 is 2.51 bits per heavy atom. The van der Waals surface area contributed by atoms with E-state index in [0.29, 0.717) is 34.1 Å². The van der Waals surface area contributed by atoms with Gasteiger partial charge in [0, 0.05) is 55.9 Å². The summed E-state index contributed by atoms with van der Waals surface area (Å²) in [5.41, 5.74) is 4.36. The van der Waals surface area contributed by atoms with E-state index in [9.17, 15) is 9.59 Å². The highest BCUT2D eigenvalue weighted by Crippen LogP contribution is 2.39. The van der Waals surface area contributed by atoms with E-state index in [1.807, 2.05) is 81.8 Å². The third kappa shape index (κ3) is 6.95. The molecule has 43 heavy (non-hydrogen) atoms. The highest BCUT2D eigenvalue weighted by atomic mass is 16.5. The van der Waals surface area contributed by atoms with E-state index in [-0.39, 0.29) is 18.0 Å². The molecule has 0 saturated carbocycles. The first-order valence-corrected chi connectivity index (χ1v) is 13.9. The molecule has 2 aromatic carbocycles. The van der Waals surface area contributed by atoms with Crippen molar-refractivity contribution in [1.29, 1.82) is 0 Å². The lowest BCUT2D eigenvalue weighted by molar-refractivity contribution is -0.111. The lowest BCUT2D eigenvalue weighted by atomic mass is 10.1. The van der Waals surface area contributed by atoms with Gasteiger partial charge < -0.3 is 34.5 Å². The summed E-state index contributed by atoms with van der Waals surface area (Å²) in [6.07, 6.45) is 2.56. The molecule has 1 amide bonds. The maximum absolute atomic E-state index is 13.3. The number of anilines is 4. The van der Waals surface area contributed by atoms with Crippen LogP contribution in [0, 0.1) is 0 Å². The number of aryl methyl sites for hydroxylation is 1. The summed E-state index contributed by atoms with van der Waals surface area (Å²) in [7, 11) is 9.37. The van der Waals surface area contributed by atoms with E-state index in [1.54, 1.807) is 25.4 Å². The van der Waals surface area contributed by atoms with Crippen LogP contribution < -0.4 is 20.3 Å². The number of methoxy groups -OCH3 is 1. The van der Waals surface area contributed by atoms with Crippen LogP contribution in [0.15, 0.2) is 61.3 Å². The average molecular weight is 586 g/mol. The molecule has 226 valence electrons. The zero-order valence-corrected chi connectivity index (χ0v) is 25.8. The Morgan fingerprint density at radius 1 is 1.09 bits per heavy atom. The second kappa shape index (κ2) is 13.4. The number of nitrogens with zero attached hydrogens (tertiary/aromatic N) is 5. The molecule has 11 nitrogen and oxygen atoms in total. The molecule has 0 bridgehead atoms. The number of carbonyl (C=O) groups is 2. The fraction of sp³-hybridized carbons (Fsp3) is 0.312. The van der Waals surface area contributed by atoms with Crippen LogP contribution in [-0.4, -0.2) is 78.8 Å². The zero-order valence-electron chi connectivity index (χ0n) is 25.8. The number of nitrogens with one attached hydrogen (secondary N) is 2. The Morgan fingerprint density at radius 2 is 1.84 bits per heavy atom. The Hall–Kier alpha value is -4.90. The van der Waals surface area contributed by atoms with Crippen molar-refractivity contribution in [3.05, 3.63) is 67.0 Å². The molecule has 0 saturated heterocycles. The van der Waals surface area contributed by atoms with Gasteiger partial charge in [-0.25, -0.2) is 14.8 Å². The van der Waals surface area contributed by atoms with Crippen molar-refractivity contribution in [3.63, 3.8) is 0 Å². The molecule has 0 aliphatic rings. The standard InChI is InChI=1S/C32H39N7O4/c1-9-28(40)34-23-18-24(27(42-8)19-26(23)38(6)17-16-37(4)5)36-32-33-15-14-22(35-32)29-21-12-10-11-13-25(21)39(7)30(29)31(41)43-20(2)3/h9-15,18-20H,1,16-17H2,2-8H3,(H,34,40)(H,33,35,36). The topological polar surface area (TPSA) is 114 Å². The maximum Gasteiger partial charge on any atom is 0.355 e. The van der Waals surface area contributed by atoms with Gasteiger partial charge in [0.1, 0.15) is 11.4 Å². The minimum Gasteiger partial charge on any atom is -0.494 e. The second-order valence-electron chi connectivity index (χ2n) is 10.6. The molecule has 4 aromatic rings. The van der Waals surface area contributed by atoms with Gasteiger partial charge in [0.25, 0.3) is 0 Å². The van der Waals surface area contributed by atoms with E-state index in [4.69, 9.17) is 14.5 Å². The molecule has 4 rings (SSSR count). The van der Waals surface area contributed by atoms with Crippen LogP contribution in [0.2, 0.25) is 0 Å². The summed E-state index contributed by atoms with van der Waals surface area (Å²) in [6, 6.07) is 13.1. The van der Waals surface area contributed by atoms with Gasteiger partial charge in [0.05, 0.1) is 36.0 Å². The lowest BCUT2D eigenvalue weighted by Crippen LogP contribution is -2.29. The fourth-order valence-corrected chi connectivity index (χ4v) is 4.75. The van der Waals surface area contributed by atoms with Crippen LogP contribution in [0.3, 0.4) is 0 Å². The first kappa shape index (κ1) is 31.0. The Kier molecular flexibility index (Phi) is 9.66. The number of fused-ring (bicyclic) bond motifs is 1. The highest BCUT2D eigenvalue weighted by molar-refractivity contribution is 6.08. The molecular formula is C32H39N7O4. The van der Waals surface area contributed by atoms with Gasteiger partial charge in [-0.05, 0) is 52.2 Å². The maximum atomic E-state index is 13.3. The highest BCUT2D eigenvalue weighted by Gasteiger charge is 2.25. The van der Waals surface area contributed by atoms with Crippen molar-refractivity contribution >= 4 is 45.8 Å². The Bertz CT molecular complexity index is 1640. The number of ether oxygens (including phenoxy) is 2. The number of likely N-dealkylation sites (N-methyl/N-ethyl adjacent to an activating group) is 2. The largest absolute Gasteiger partial charge is 0.494 e. The molecule has 2 heterocycles. The number of rotatable bonds is 12. The molecule has 0 aliphatic heterocycles. The van der Waals surface area contributed by atoms with Gasteiger partial charge >= 0.3 is 5.97 Å². The number of hydrogen-bond acceptors (Lipinski definition) is 9. The summed E-state index contributed by atoms with van der Waals surface area (Å²) in [4.78, 5) is 38.9. The number of carbonyl (C=O) groups excluding carboxylic acids is 2. The van der Waals surface area contributed by atoms with E-state index < -0.39 is 5.97 Å². The molecule has 0 fully saturated rings. The number of amides is 1. The summed E-state index contributed by atoms with van der Waals surface area (Å²) >= 11 is 0. The number of benzene rings is 2. The average Bonchev–Trinajstić information content (AvgIpc) is 3.28. The Labute approximate surface area is 252 Å². The SMILES string of the molecule is C=CC(=O)Nc1cc(Nc2nccc(-c3c(C(=O)OC(C)C)n(C)c4ccccc34)n2)c(OC)cc1N(C)CCN(C)C. The minimum absolute atomic E-state index is 0.279. The molecule has 11 heteroatoms. The quantitative estimate of drug-likeness (QED) is 0.174. The third-order valence-electron chi connectivity index (χ3n) is 6.86. The van der Waals surface area contributed by atoms with Crippen molar-refractivity contribution in [2.45, 2.75) is 20.0 Å². The molecule has 0 spiro atoms. The van der Waals surface area contributed by atoms with Gasteiger partial charge in [0.2, 0.25) is 11.9 Å². The van der Waals surface area contributed by atoms with Crippen molar-refractivity contribution < 1.29 is 19.1 Å². The fourth-order valence-electron chi connectivity index (χ4n) is 4.75. The number of esters is 1. The van der Waals surface area contributed by atoms with Crippen LogP contribution in [-0.2, 0) is 16.6 Å². The molecule has 2 N–H and O–H groups in total. The van der Waals surface area contributed by atoms with E-state index in [1.165, 1.54) is 6.08 Å². The van der Waals surface area contributed by atoms with Gasteiger partial charge in [-0.2, -0.15) is 0 Å². The molecule has 0 unspecified atom stereocenters. The molecule has 0 aliphatic carbocycles. The summed E-state index contributed by atoms with van der Waals surface area (Å²) in [5.74, 6) is 0.0359. The van der Waals surface area contributed by atoms with Crippen LogP contribution >= 0.6 is 0 Å². The van der Waals surface area contributed by atoms with Crippen molar-refractivity contribution in [2.24, 2.45) is 7.05 Å². The zero-order chi connectivity index (χ0) is 31.3. The van der Waals surface area contributed by atoms with E-state index in [2.05, 4.69) is 27.1 Å². The third-order valence-corrected chi connectivity index (χ3v) is 6.86. The second-order valence-corrected chi connectivity index (χ2v) is 10.6. The van der Waals surface area contributed by atoms with E-state index >= 15 is 0 Å². The predicted molar refractivity (Wildman–Crippen MR) is 171 cm³/mol. The van der Waals surface area contributed by atoms with Crippen LogP contribution in [0.4, 0.5) is 23.0 Å². The Balaban J connectivity index is 1.78. The van der Waals surface area contributed by atoms with Crippen LogP contribution in [0.1, 0.15) is 24.3 Å². The number of hydrogen-bond donors (Lipinski definition) is 2. The van der Waals surface area contributed by atoms with Crippen LogP contribution in [0.25, 0.3) is 22.2 Å². The van der Waals surface area contributed by atoms with Crippen molar-refractivity contribution in [1.82, 2.24) is 19.4 Å². The molecule has 2 aromatic heterocycles. The van der Waals surface area contributed by atoms with Gasteiger partial charge in [-0.3, -0.25) is 4.79 Å². The normalized spacial score (nSPS) is 11.1. The summed E-state index contributed by atoms with van der Waals surface area (Å²) in [5, 5.41) is 7.01. The monoisotopic (exact) mass is 585 g/mol. The molecular weight excluding hydrogens is 546 g/mol. The summed E-state index contributed by atoms with van der Waals surface area (Å²) in [6.45, 7) is 8.75. The first-order chi connectivity index (χ1) is 20.5. The lowest BCUT2D eigenvalue weighted by Gasteiger charge is -2.26. The van der Waals surface area contributed by atoms with Crippen molar-refractivity contribution in [2.75, 3.05) is 56.9 Å². The predicted octanol–water partition coefficient (Wildman–Crippen LogP) is 5.08. The van der Waals surface area contributed by atoms with E-state index in [0.717, 1.165) is 29.7 Å². The summed E-state index contributed by atoms with van der Waals surface area (Å²) < 4.78 is 13.2. The van der Waals surface area contributed by atoms with Crippen LogP contribution in [0.5, 0.6) is 5.75 Å². The van der Waals surface area contributed by atoms with Gasteiger partial charge in [-0.15, -0.1) is 0 Å². The molecule has 0 radical (unpaired) electrons.